The third-order valence-electron chi connectivity index (χ3n) is 4.12. The van der Waals surface area contributed by atoms with Gasteiger partial charge in [0.15, 0.2) is 0 Å². The lowest BCUT2D eigenvalue weighted by Crippen LogP contribution is -2.12. The average molecular weight is 427 g/mol. The number of aromatic nitrogens is 3. The van der Waals surface area contributed by atoms with Gasteiger partial charge in [0, 0.05) is 10.7 Å². The van der Waals surface area contributed by atoms with Gasteiger partial charge in [0.1, 0.15) is 22.2 Å². The molecule has 7 nitrogen and oxygen atoms in total. The zero-order chi connectivity index (χ0) is 20.4. The van der Waals surface area contributed by atoms with Crippen LogP contribution >= 0.6 is 22.9 Å². The van der Waals surface area contributed by atoms with E-state index >= 15 is 0 Å². The van der Waals surface area contributed by atoms with Gasteiger partial charge in [-0.3, -0.25) is 9.59 Å². The number of thiazole rings is 1. The van der Waals surface area contributed by atoms with Crippen LogP contribution in [0.3, 0.4) is 0 Å². The molecule has 0 fully saturated rings. The van der Waals surface area contributed by atoms with E-state index in [1.165, 1.54) is 17.7 Å². The van der Waals surface area contributed by atoms with Gasteiger partial charge < -0.3 is 15.0 Å². The Balaban J connectivity index is 1.48. The van der Waals surface area contributed by atoms with Gasteiger partial charge in [-0.1, -0.05) is 11.6 Å². The van der Waals surface area contributed by atoms with Crippen molar-refractivity contribution in [1.29, 1.82) is 0 Å². The number of amides is 1. The van der Waals surface area contributed by atoms with E-state index in [4.69, 9.17) is 16.3 Å². The van der Waals surface area contributed by atoms with Crippen LogP contribution in [-0.2, 0) is 6.61 Å². The predicted molar refractivity (Wildman–Crippen MR) is 113 cm³/mol. The van der Waals surface area contributed by atoms with Crippen LogP contribution in [0, 0.1) is 6.92 Å². The molecule has 2 aromatic heterocycles. The quantitative estimate of drug-likeness (QED) is 0.499. The van der Waals surface area contributed by atoms with E-state index in [0.29, 0.717) is 42.9 Å². The first-order valence-corrected chi connectivity index (χ1v) is 9.82. The molecule has 0 bridgehead atoms. The number of hydrogen-bond donors (Lipinski definition) is 2. The maximum atomic E-state index is 12.7. The number of benzene rings is 2. The number of carbonyl (C=O) groups is 1. The smallest absolute Gasteiger partial charge is 0.267 e. The van der Waals surface area contributed by atoms with E-state index in [2.05, 4.69) is 20.3 Å². The Kier molecular flexibility index (Phi) is 5.28. The molecule has 0 atom stereocenters. The summed E-state index contributed by atoms with van der Waals surface area (Å²) in [5, 5.41) is 4.53. The highest BCUT2D eigenvalue weighted by Crippen LogP contribution is 2.23. The number of H-pyrrole nitrogens is 1. The second kappa shape index (κ2) is 8.02. The van der Waals surface area contributed by atoms with Crippen LogP contribution in [0.5, 0.6) is 5.75 Å². The third-order valence-corrected chi connectivity index (χ3v) is 5.50. The van der Waals surface area contributed by atoms with Gasteiger partial charge in [0.05, 0.1) is 22.9 Å². The standard InChI is InChI=1S/C20H15ClN4O3S/c1-11-18(29-17(24-11)9-28-14-5-2-12(21)3-6-14)20(27)25-13-4-7-16-15(8-13)19(26)23-10-22-16/h2-8,10H,9H2,1H3,(H,25,27)(H,22,23,26). The second-order valence-electron chi connectivity index (χ2n) is 6.18. The summed E-state index contributed by atoms with van der Waals surface area (Å²) < 4.78 is 5.69. The van der Waals surface area contributed by atoms with E-state index in [-0.39, 0.29) is 18.1 Å². The third kappa shape index (κ3) is 4.28. The maximum absolute atomic E-state index is 12.7. The monoisotopic (exact) mass is 426 g/mol. The summed E-state index contributed by atoms with van der Waals surface area (Å²) in [6, 6.07) is 12.0. The van der Waals surface area contributed by atoms with Gasteiger partial charge in [0.25, 0.3) is 11.5 Å². The lowest BCUT2D eigenvalue weighted by Gasteiger charge is -2.05. The number of fused-ring (bicyclic) bond motifs is 1. The molecule has 2 heterocycles. The van der Waals surface area contributed by atoms with E-state index in [1.54, 1.807) is 49.4 Å². The Bertz CT molecular complexity index is 1250. The van der Waals surface area contributed by atoms with Crippen molar-refractivity contribution in [3.8, 4) is 5.75 Å². The molecule has 2 aromatic carbocycles. The van der Waals surface area contributed by atoms with Crippen LogP contribution in [0.25, 0.3) is 10.9 Å². The van der Waals surface area contributed by atoms with Crippen molar-refractivity contribution in [2.45, 2.75) is 13.5 Å². The number of ether oxygens (including phenoxy) is 1. The van der Waals surface area contributed by atoms with Crippen molar-refractivity contribution in [2.75, 3.05) is 5.32 Å². The lowest BCUT2D eigenvalue weighted by molar-refractivity contribution is 0.103. The van der Waals surface area contributed by atoms with Gasteiger partial charge >= 0.3 is 0 Å². The molecule has 0 radical (unpaired) electrons. The van der Waals surface area contributed by atoms with Crippen LogP contribution in [0.15, 0.2) is 53.6 Å². The molecule has 0 aliphatic carbocycles. The molecule has 1 amide bonds. The Hall–Kier alpha value is -3.23. The number of nitrogens with one attached hydrogen (secondary N) is 2. The first-order chi connectivity index (χ1) is 14.0. The number of anilines is 1. The topological polar surface area (TPSA) is 97.0 Å². The van der Waals surface area contributed by atoms with E-state index in [1.807, 2.05) is 0 Å². The number of nitrogens with zero attached hydrogens (tertiary/aromatic N) is 2. The number of rotatable bonds is 5. The van der Waals surface area contributed by atoms with Crippen molar-refractivity contribution >= 4 is 45.4 Å². The molecule has 0 saturated heterocycles. The second-order valence-corrected chi connectivity index (χ2v) is 7.70. The minimum Gasteiger partial charge on any atom is -0.486 e. The largest absolute Gasteiger partial charge is 0.486 e. The predicted octanol–water partition coefficient (Wildman–Crippen LogP) is 4.17. The number of aromatic amines is 1. The molecule has 0 unspecified atom stereocenters. The van der Waals surface area contributed by atoms with Gasteiger partial charge in [0.2, 0.25) is 0 Å². The lowest BCUT2D eigenvalue weighted by atomic mass is 10.2. The number of aryl methyl sites for hydroxylation is 1. The molecule has 0 spiro atoms. The molecular formula is C20H15ClN4O3S. The van der Waals surface area contributed by atoms with Crippen molar-refractivity contribution < 1.29 is 9.53 Å². The molecule has 146 valence electrons. The normalized spacial score (nSPS) is 10.8. The molecule has 4 aromatic rings. The minimum absolute atomic E-state index is 0.247. The molecule has 0 aliphatic heterocycles. The minimum atomic E-state index is -0.294. The Morgan fingerprint density at radius 1 is 1.24 bits per heavy atom. The first-order valence-electron chi connectivity index (χ1n) is 8.63. The SMILES string of the molecule is Cc1nc(COc2ccc(Cl)cc2)sc1C(=O)Nc1ccc2nc[nH]c(=O)c2c1. The zero-order valence-electron chi connectivity index (χ0n) is 15.2. The number of halogens is 1. The summed E-state index contributed by atoms with van der Waals surface area (Å²) in [6.07, 6.45) is 1.34. The molecular weight excluding hydrogens is 412 g/mol. The first kappa shape index (κ1) is 19.1. The van der Waals surface area contributed by atoms with E-state index in [0.717, 1.165) is 0 Å². The van der Waals surface area contributed by atoms with Crippen molar-refractivity contribution in [3.63, 3.8) is 0 Å². The zero-order valence-corrected chi connectivity index (χ0v) is 16.8. The number of hydrogen-bond acceptors (Lipinski definition) is 6. The van der Waals surface area contributed by atoms with Crippen LogP contribution in [0.2, 0.25) is 5.02 Å². The molecule has 0 saturated carbocycles. The van der Waals surface area contributed by atoms with Crippen LogP contribution in [-0.4, -0.2) is 20.9 Å². The van der Waals surface area contributed by atoms with Crippen LogP contribution < -0.4 is 15.6 Å². The van der Waals surface area contributed by atoms with Gasteiger partial charge in [-0.25, -0.2) is 9.97 Å². The van der Waals surface area contributed by atoms with Crippen molar-refractivity contribution in [2.24, 2.45) is 0 Å². The Morgan fingerprint density at radius 2 is 2.03 bits per heavy atom. The fourth-order valence-electron chi connectivity index (χ4n) is 2.73. The summed E-state index contributed by atoms with van der Waals surface area (Å²) in [6.45, 7) is 2.02. The van der Waals surface area contributed by atoms with Gasteiger partial charge in [-0.05, 0) is 49.4 Å². The van der Waals surface area contributed by atoms with Gasteiger partial charge in [-0.15, -0.1) is 11.3 Å². The Labute approximate surface area is 174 Å². The van der Waals surface area contributed by atoms with Gasteiger partial charge in [-0.2, -0.15) is 0 Å². The molecule has 9 heteroatoms. The fourth-order valence-corrected chi connectivity index (χ4v) is 3.73. The average Bonchev–Trinajstić information content (AvgIpc) is 3.09. The summed E-state index contributed by atoms with van der Waals surface area (Å²) >= 11 is 7.12. The molecule has 0 aliphatic rings. The molecule has 2 N–H and O–H groups in total. The highest BCUT2D eigenvalue weighted by atomic mass is 35.5. The van der Waals surface area contributed by atoms with Crippen LogP contribution in [0.1, 0.15) is 20.4 Å². The summed E-state index contributed by atoms with van der Waals surface area (Å²) in [4.78, 5) is 36.1. The van der Waals surface area contributed by atoms with E-state index < -0.39 is 0 Å². The highest BCUT2D eigenvalue weighted by molar-refractivity contribution is 7.13. The summed E-state index contributed by atoms with van der Waals surface area (Å²) in [7, 11) is 0. The highest BCUT2D eigenvalue weighted by Gasteiger charge is 2.16. The van der Waals surface area contributed by atoms with Crippen molar-refractivity contribution in [3.05, 3.63) is 79.7 Å². The molecule has 4 rings (SSSR count). The Morgan fingerprint density at radius 3 is 2.83 bits per heavy atom. The summed E-state index contributed by atoms with van der Waals surface area (Å²) in [5.41, 5.74) is 1.42. The summed E-state index contributed by atoms with van der Waals surface area (Å²) in [5.74, 6) is 0.376. The fraction of sp³-hybridized carbons (Fsp3) is 0.100. The van der Waals surface area contributed by atoms with Crippen LogP contribution in [0.4, 0.5) is 5.69 Å². The number of carbonyl (C=O) groups excluding carboxylic acids is 1. The maximum Gasteiger partial charge on any atom is 0.267 e. The van der Waals surface area contributed by atoms with Crippen molar-refractivity contribution in [1.82, 2.24) is 15.0 Å². The van der Waals surface area contributed by atoms with E-state index in [9.17, 15) is 9.59 Å². The molecule has 29 heavy (non-hydrogen) atoms.